The Morgan fingerprint density at radius 1 is 1.06 bits per heavy atom. The number of hydrogen-bond donors (Lipinski definition) is 1. The minimum Gasteiger partial charge on any atom is -0.494 e. The van der Waals surface area contributed by atoms with Crippen molar-refractivity contribution in [3.63, 3.8) is 0 Å². The Hall–Kier alpha value is -2.73. The molecule has 6 heteroatoms. The topological polar surface area (TPSA) is 64.1 Å². The van der Waals surface area contributed by atoms with Crippen molar-refractivity contribution >= 4 is 22.4 Å². The van der Waals surface area contributed by atoms with E-state index in [1.165, 1.54) is 16.9 Å². The second kappa shape index (κ2) is 10.1. The van der Waals surface area contributed by atoms with Crippen molar-refractivity contribution in [1.29, 1.82) is 0 Å². The van der Waals surface area contributed by atoms with E-state index in [4.69, 9.17) is 4.74 Å². The lowest BCUT2D eigenvalue weighted by Gasteiger charge is -2.34. The fourth-order valence-electron chi connectivity index (χ4n) is 3.78. The summed E-state index contributed by atoms with van der Waals surface area (Å²) in [4.78, 5) is 13.1. The molecule has 0 aliphatic rings. The number of amides is 1. The molecule has 0 spiro atoms. The zero-order valence-corrected chi connectivity index (χ0v) is 19.7. The van der Waals surface area contributed by atoms with Gasteiger partial charge in [0.1, 0.15) is 11.3 Å². The number of ether oxygens (including phenoxy) is 1. The molecule has 1 N–H and O–H groups in total. The maximum atomic E-state index is 13.1. The summed E-state index contributed by atoms with van der Waals surface area (Å²) in [6.45, 7) is 11.1. The molecule has 5 nitrogen and oxygen atoms in total. The number of anilines is 1. The molecule has 1 aromatic heterocycles. The number of carbonyl (C=O) groups excluding carboxylic acids is 1. The average Bonchev–Trinajstić information content (AvgIpc) is 3.26. The highest BCUT2D eigenvalue weighted by Gasteiger charge is 2.38. The van der Waals surface area contributed by atoms with Gasteiger partial charge in [0.25, 0.3) is 0 Å². The maximum absolute atomic E-state index is 13.1. The van der Waals surface area contributed by atoms with Gasteiger partial charge in [0.2, 0.25) is 11.0 Å². The fourth-order valence-corrected chi connectivity index (χ4v) is 4.22. The van der Waals surface area contributed by atoms with E-state index in [2.05, 4.69) is 65.8 Å². The lowest BCUT2D eigenvalue weighted by Crippen LogP contribution is -2.37. The van der Waals surface area contributed by atoms with Gasteiger partial charge in [-0.3, -0.25) is 4.79 Å². The number of nitrogens with one attached hydrogen (secondary N) is 1. The van der Waals surface area contributed by atoms with Gasteiger partial charge in [-0.2, -0.15) is 0 Å². The lowest BCUT2D eigenvalue weighted by atomic mass is 9.70. The molecule has 31 heavy (non-hydrogen) atoms. The van der Waals surface area contributed by atoms with Crippen molar-refractivity contribution < 1.29 is 9.53 Å². The van der Waals surface area contributed by atoms with Crippen molar-refractivity contribution in [1.82, 2.24) is 10.2 Å². The van der Waals surface area contributed by atoms with Crippen molar-refractivity contribution in [2.45, 2.75) is 47.0 Å². The zero-order valence-electron chi connectivity index (χ0n) is 18.9. The molecule has 1 unspecified atom stereocenters. The number of benzene rings is 2. The summed E-state index contributed by atoms with van der Waals surface area (Å²) >= 11 is 1.33. The Morgan fingerprint density at radius 2 is 1.68 bits per heavy atom. The Balaban J connectivity index is 1.83. The molecular formula is C25H31N3O2S. The van der Waals surface area contributed by atoms with Crippen LogP contribution < -0.4 is 10.1 Å². The van der Waals surface area contributed by atoms with Crippen molar-refractivity contribution in [3.8, 4) is 16.9 Å². The van der Waals surface area contributed by atoms with Crippen LogP contribution in [0.25, 0.3) is 11.1 Å². The molecule has 3 aromatic rings. The molecule has 2 aromatic carbocycles. The molecule has 1 atom stereocenters. The van der Waals surface area contributed by atoms with Crippen molar-refractivity contribution in [2.24, 2.45) is 11.3 Å². The largest absolute Gasteiger partial charge is 0.494 e. The van der Waals surface area contributed by atoms with Gasteiger partial charge in [0.05, 0.1) is 12.0 Å². The third-order valence-corrected chi connectivity index (χ3v) is 6.16. The highest BCUT2D eigenvalue weighted by molar-refractivity contribution is 7.13. The summed E-state index contributed by atoms with van der Waals surface area (Å²) in [5, 5.41) is 11.2. The first kappa shape index (κ1) is 22.9. The number of carbonyl (C=O) groups is 1. The Bertz CT molecular complexity index is 965. The van der Waals surface area contributed by atoms with Crippen molar-refractivity contribution in [2.75, 3.05) is 11.9 Å². The van der Waals surface area contributed by atoms with Gasteiger partial charge in [-0.05, 0) is 54.0 Å². The number of hydrogen-bond acceptors (Lipinski definition) is 5. The van der Waals surface area contributed by atoms with E-state index < -0.39 is 5.41 Å². The van der Waals surface area contributed by atoms with Crippen LogP contribution in [-0.4, -0.2) is 22.7 Å². The van der Waals surface area contributed by atoms with Gasteiger partial charge in [-0.15, -0.1) is 10.2 Å². The summed E-state index contributed by atoms with van der Waals surface area (Å²) in [5.41, 5.74) is 4.47. The minimum atomic E-state index is -0.601. The summed E-state index contributed by atoms with van der Waals surface area (Å²) in [6.07, 6.45) is 0.916. The van der Waals surface area contributed by atoms with Crippen LogP contribution in [0.15, 0.2) is 54.0 Å². The van der Waals surface area contributed by atoms with Crippen LogP contribution in [0.2, 0.25) is 0 Å². The van der Waals surface area contributed by atoms with Crippen LogP contribution >= 0.6 is 11.3 Å². The molecule has 1 heterocycles. The van der Waals surface area contributed by atoms with Crippen LogP contribution in [-0.2, 0) is 4.79 Å². The second-order valence-electron chi connectivity index (χ2n) is 8.68. The Kier molecular flexibility index (Phi) is 7.44. The van der Waals surface area contributed by atoms with Crippen LogP contribution in [0.4, 0.5) is 5.13 Å². The number of rotatable bonds is 9. The van der Waals surface area contributed by atoms with Gasteiger partial charge < -0.3 is 10.1 Å². The zero-order chi connectivity index (χ0) is 22.4. The fraction of sp³-hybridized carbons (Fsp3) is 0.400. The molecule has 1 amide bonds. The molecule has 0 radical (unpaired) electrons. The molecule has 0 fully saturated rings. The third kappa shape index (κ3) is 5.70. The van der Waals surface area contributed by atoms with Gasteiger partial charge >= 0.3 is 0 Å². The first-order valence-electron chi connectivity index (χ1n) is 10.7. The van der Waals surface area contributed by atoms with E-state index in [0.717, 1.165) is 23.3 Å². The van der Waals surface area contributed by atoms with E-state index >= 15 is 0 Å². The van der Waals surface area contributed by atoms with Gasteiger partial charge in [0.15, 0.2) is 0 Å². The van der Waals surface area contributed by atoms with Crippen LogP contribution in [0.3, 0.4) is 0 Å². The molecule has 0 aliphatic heterocycles. The van der Waals surface area contributed by atoms with Gasteiger partial charge in [-0.25, -0.2) is 0 Å². The number of nitrogens with zero attached hydrogens (tertiary/aromatic N) is 2. The average molecular weight is 438 g/mol. The molecule has 0 bridgehead atoms. The summed E-state index contributed by atoms with van der Waals surface area (Å²) in [6, 6.07) is 16.7. The highest BCUT2D eigenvalue weighted by Crippen LogP contribution is 2.41. The maximum Gasteiger partial charge on any atom is 0.232 e. The van der Waals surface area contributed by atoms with Crippen LogP contribution in [0, 0.1) is 11.3 Å². The highest BCUT2D eigenvalue weighted by atomic mass is 32.1. The van der Waals surface area contributed by atoms with E-state index in [0.29, 0.717) is 17.7 Å². The first-order chi connectivity index (χ1) is 14.8. The monoisotopic (exact) mass is 437 g/mol. The van der Waals surface area contributed by atoms with E-state index in [9.17, 15) is 4.79 Å². The summed E-state index contributed by atoms with van der Waals surface area (Å²) < 4.78 is 5.54. The molecule has 0 aliphatic carbocycles. The van der Waals surface area contributed by atoms with E-state index in [1.807, 2.05) is 32.9 Å². The second-order valence-corrected chi connectivity index (χ2v) is 9.51. The summed E-state index contributed by atoms with van der Waals surface area (Å²) in [7, 11) is 0. The molecule has 0 saturated heterocycles. The SMILES string of the molecule is CCOc1ccc(-c2ccc(C(CC(C)C)C(C)(C)C(=O)Nc3nncs3)cc2)cc1. The van der Waals surface area contributed by atoms with Crippen molar-refractivity contribution in [3.05, 3.63) is 59.6 Å². The van der Waals surface area contributed by atoms with E-state index in [-0.39, 0.29) is 11.8 Å². The Morgan fingerprint density at radius 3 is 2.19 bits per heavy atom. The van der Waals surface area contributed by atoms with Gasteiger partial charge in [-0.1, -0.05) is 75.4 Å². The first-order valence-corrected chi connectivity index (χ1v) is 11.6. The van der Waals surface area contributed by atoms with E-state index in [1.54, 1.807) is 5.51 Å². The molecule has 3 rings (SSSR count). The standard InChI is InChI=1S/C25H31N3O2S/c1-6-30-21-13-11-19(12-14-21)18-7-9-20(10-8-18)22(15-17(2)3)25(4,5)23(29)27-24-28-26-16-31-24/h7-14,16-17,22H,6,15H2,1-5H3,(H,27,28,29). The lowest BCUT2D eigenvalue weighted by molar-refractivity contribution is -0.125. The van der Waals surface area contributed by atoms with Crippen LogP contribution in [0.1, 0.15) is 52.5 Å². The predicted molar refractivity (Wildman–Crippen MR) is 128 cm³/mol. The quantitative estimate of drug-likeness (QED) is 0.421. The van der Waals surface area contributed by atoms with Crippen LogP contribution in [0.5, 0.6) is 5.75 Å². The minimum absolute atomic E-state index is 0.0366. The molecule has 0 saturated carbocycles. The third-order valence-electron chi connectivity index (χ3n) is 5.56. The predicted octanol–water partition coefficient (Wildman–Crippen LogP) is 6.40. The number of aromatic nitrogens is 2. The molecule has 164 valence electrons. The normalized spacial score (nSPS) is 12.6. The Labute approximate surface area is 188 Å². The molecular weight excluding hydrogens is 406 g/mol. The smallest absolute Gasteiger partial charge is 0.232 e. The summed E-state index contributed by atoms with van der Waals surface area (Å²) in [5.74, 6) is 1.38. The van der Waals surface area contributed by atoms with Gasteiger partial charge in [0, 0.05) is 0 Å².